The van der Waals surface area contributed by atoms with Crippen molar-refractivity contribution in [1.29, 1.82) is 0 Å². The molecule has 0 atom stereocenters. The molecule has 16 heavy (non-hydrogen) atoms. The highest BCUT2D eigenvalue weighted by Gasteiger charge is 2.05. The monoisotopic (exact) mass is 215 g/mol. The first-order valence-electron chi connectivity index (χ1n) is 5.61. The van der Waals surface area contributed by atoms with Crippen LogP contribution < -0.4 is 0 Å². The molecule has 0 aliphatic heterocycles. The van der Waals surface area contributed by atoms with Crippen LogP contribution in [-0.2, 0) is 0 Å². The second-order valence-electron chi connectivity index (χ2n) is 4.51. The Morgan fingerprint density at radius 3 is 2.19 bits per heavy atom. The van der Waals surface area contributed by atoms with Crippen molar-refractivity contribution in [1.82, 2.24) is 4.90 Å². The summed E-state index contributed by atoms with van der Waals surface area (Å²) in [6, 6.07) is 8.48. The van der Waals surface area contributed by atoms with Crippen LogP contribution in [0, 0.1) is 6.92 Å². The van der Waals surface area contributed by atoms with Gasteiger partial charge in [-0.1, -0.05) is 35.9 Å². The topological polar surface area (TPSA) is 3.24 Å². The van der Waals surface area contributed by atoms with Crippen molar-refractivity contribution in [2.75, 3.05) is 14.1 Å². The van der Waals surface area contributed by atoms with Crippen LogP contribution in [-0.4, -0.2) is 19.0 Å². The van der Waals surface area contributed by atoms with Gasteiger partial charge in [-0.3, -0.25) is 0 Å². The molecule has 1 nitrogen and oxygen atoms in total. The Morgan fingerprint density at radius 2 is 1.69 bits per heavy atom. The number of benzene rings is 1. The maximum Gasteiger partial charge on any atom is 0.0437 e. The van der Waals surface area contributed by atoms with E-state index in [9.17, 15) is 0 Å². The molecular formula is C15H21N. The maximum absolute atomic E-state index is 2.18. The van der Waals surface area contributed by atoms with Gasteiger partial charge in [0.1, 0.15) is 0 Å². The molecule has 86 valence electrons. The van der Waals surface area contributed by atoms with Crippen molar-refractivity contribution in [3.63, 3.8) is 0 Å². The van der Waals surface area contributed by atoms with Gasteiger partial charge in [0.25, 0.3) is 0 Å². The molecule has 0 saturated carbocycles. The van der Waals surface area contributed by atoms with Crippen molar-refractivity contribution in [2.24, 2.45) is 0 Å². The molecule has 0 bridgehead atoms. The Morgan fingerprint density at radius 1 is 1.06 bits per heavy atom. The molecule has 0 amide bonds. The van der Waals surface area contributed by atoms with E-state index in [1.807, 2.05) is 0 Å². The fourth-order valence-corrected chi connectivity index (χ4v) is 1.59. The van der Waals surface area contributed by atoms with Gasteiger partial charge in [-0.25, -0.2) is 0 Å². The predicted molar refractivity (Wildman–Crippen MR) is 72.3 cm³/mol. The fraction of sp³-hybridized carbons (Fsp3) is 0.333. The van der Waals surface area contributed by atoms with Gasteiger partial charge in [-0.15, -0.1) is 0 Å². The molecule has 0 N–H and O–H groups in total. The fourth-order valence-electron chi connectivity index (χ4n) is 1.59. The van der Waals surface area contributed by atoms with E-state index < -0.39 is 0 Å². The second kappa shape index (κ2) is 5.55. The molecule has 0 spiro atoms. The first kappa shape index (κ1) is 12.6. The summed E-state index contributed by atoms with van der Waals surface area (Å²) < 4.78 is 0. The summed E-state index contributed by atoms with van der Waals surface area (Å²) in [7, 11) is 4.16. The van der Waals surface area contributed by atoms with Crippen LogP contribution in [0.3, 0.4) is 0 Å². The molecule has 0 aliphatic rings. The third kappa shape index (κ3) is 3.27. The van der Waals surface area contributed by atoms with Gasteiger partial charge in [0.15, 0.2) is 0 Å². The van der Waals surface area contributed by atoms with Crippen molar-refractivity contribution >= 4 is 5.70 Å². The number of allylic oxidation sites excluding steroid dienone is 3. The Kier molecular flexibility index (Phi) is 4.36. The summed E-state index contributed by atoms with van der Waals surface area (Å²) in [5.41, 5.74) is 5.17. The van der Waals surface area contributed by atoms with Crippen molar-refractivity contribution in [2.45, 2.75) is 20.8 Å². The SMILES string of the molecule is CC(C)=C/C=C(/c1ccccc1C)N(C)C. The first-order chi connectivity index (χ1) is 7.52. The van der Waals surface area contributed by atoms with E-state index in [1.165, 1.54) is 22.4 Å². The van der Waals surface area contributed by atoms with E-state index in [1.54, 1.807) is 0 Å². The van der Waals surface area contributed by atoms with Crippen LogP contribution in [0.1, 0.15) is 25.0 Å². The molecular weight excluding hydrogens is 194 g/mol. The Hall–Kier alpha value is -1.50. The number of aryl methyl sites for hydroxylation is 1. The molecule has 1 aromatic rings. The second-order valence-corrected chi connectivity index (χ2v) is 4.51. The first-order valence-corrected chi connectivity index (χ1v) is 5.61. The normalized spacial score (nSPS) is 11.2. The van der Waals surface area contributed by atoms with Crippen LogP contribution in [0.4, 0.5) is 0 Å². The number of hydrogen-bond acceptors (Lipinski definition) is 1. The number of hydrogen-bond donors (Lipinski definition) is 0. The molecule has 0 aromatic heterocycles. The standard InChI is InChI=1S/C15H21N/c1-12(2)10-11-15(16(4)5)14-9-7-6-8-13(14)3/h6-11H,1-5H3/b15-11-. The van der Waals surface area contributed by atoms with Crippen molar-refractivity contribution < 1.29 is 0 Å². The van der Waals surface area contributed by atoms with Gasteiger partial charge < -0.3 is 4.90 Å². The summed E-state index contributed by atoms with van der Waals surface area (Å²) in [5.74, 6) is 0. The number of rotatable bonds is 3. The van der Waals surface area contributed by atoms with Crippen LogP contribution in [0.5, 0.6) is 0 Å². The van der Waals surface area contributed by atoms with Gasteiger partial charge in [0, 0.05) is 25.4 Å². The lowest BCUT2D eigenvalue weighted by Gasteiger charge is -2.19. The van der Waals surface area contributed by atoms with E-state index in [2.05, 4.69) is 76.2 Å². The van der Waals surface area contributed by atoms with Crippen LogP contribution in [0.25, 0.3) is 5.70 Å². The van der Waals surface area contributed by atoms with Crippen LogP contribution >= 0.6 is 0 Å². The molecule has 0 aliphatic carbocycles. The van der Waals surface area contributed by atoms with E-state index in [0.29, 0.717) is 0 Å². The van der Waals surface area contributed by atoms with Gasteiger partial charge >= 0.3 is 0 Å². The maximum atomic E-state index is 2.18. The molecule has 0 fully saturated rings. The van der Waals surface area contributed by atoms with Crippen molar-refractivity contribution in [3.05, 3.63) is 53.1 Å². The zero-order chi connectivity index (χ0) is 12.1. The molecule has 0 radical (unpaired) electrons. The smallest absolute Gasteiger partial charge is 0.0437 e. The summed E-state index contributed by atoms with van der Waals surface area (Å²) in [6.45, 7) is 6.37. The Bertz CT molecular complexity index is 407. The average molecular weight is 215 g/mol. The highest BCUT2D eigenvalue weighted by molar-refractivity contribution is 5.67. The van der Waals surface area contributed by atoms with Gasteiger partial charge in [-0.2, -0.15) is 0 Å². The lowest BCUT2D eigenvalue weighted by molar-refractivity contribution is 0.591. The van der Waals surface area contributed by atoms with Crippen LogP contribution in [0.15, 0.2) is 42.0 Å². The minimum atomic E-state index is 1.25. The minimum Gasteiger partial charge on any atom is -0.377 e. The van der Waals surface area contributed by atoms with E-state index in [-0.39, 0.29) is 0 Å². The highest BCUT2D eigenvalue weighted by Crippen LogP contribution is 2.20. The molecule has 1 aromatic carbocycles. The Balaban J connectivity index is 3.19. The quantitative estimate of drug-likeness (QED) is 0.692. The van der Waals surface area contributed by atoms with Gasteiger partial charge in [0.05, 0.1) is 0 Å². The molecule has 0 saturated heterocycles. The summed E-state index contributed by atoms with van der Waals surface area (Å²) in [5, 5.41) is 0. The summed E-state index contributed by atoms with van der Waals surface area (Å²) in [6.07, 6.45) is 4.33. The van der Waals surface area contributed by atoms with Crippen LogP contribution in [0.2, 0.25) is 0 Å². The van der Waals surface area contributed by atoms with E-state index in [4.69, 9.17) is 0 Å². The van der Waals surface area contributed by atoms with Gasteiger partial charge in [0.2, 0.25) is 0 Å². The summed E-state index contributed by atoms with van der Waals surface area (Å²) >= 11 is 0. The third-order valence-corrected chi connectivity index (χ3v) is 2.48. The van der Waals surface area contributed by atoms with E-state index in [0.717, 1.165) is 0 Å². The summed E-state index contributed by atoms with van der Waals surface area (Å²) in [4.78, 5) is 2.15. The Labute approximate surface area is 99.1 Å². The highest BCUT2D eigenvalue weighted by atomic mass is 15.1. The molecule has 0 heterocycles. The molecule has 1 rings (SSSR count). The van der Waals surface area contributed by atoms with Crippen molar-refractivity contribution in [3.8, 4) is 0 Å². The zero-order valence-corrected chi connectivity index (χ0v) is 10.9. The van der Waals surface area contributed by atoms with E-state index >= 15 is 0 Å². The minimum absolute atomic E-state index is 1.25. The van der Waals surface area contributed by atoms with Gasteiger partial charge in [-0.05, 0) is 32.4 Å². The average Bonchev–Trinajstić information content (AvgIpc) is 2.20. The zero-order valence-electron chi connectivity index (χ0n) is 10.9. The third-order valence-electron chi connectivity index (χ3n) is 2.48. The largest absolute Gasteiger partial charge is 0.377 e. The number of nitrogens with zero attached hydrogens (tertiary/aromatic N) is 1. The molecule has 1 heteroatoms. The molecule has 0 unspecified atom stereocenters. The lowest BCUT2D eigenvalue weighted by atomic mass is 10.0. The predicted octanol–water partition coefficient (Wildman–Crippen LogP) is 3.86. The lowest BCUT2D eigenvalue weighted by Crippen LogP contribution is -2.10.